The van der Waals surface area contributed by atoms with Crippen LogP contribution < -0.4 is 0 Å². The highest BCUT2D eigenvalue weighted by molar-refractivity contribution is 8.00. The van der Waals surface area contributed by atoms with E-state index in [-0.39, 0.29) is 10.5 Å². The molecule has 98 valence electrons. The Bertz CT molecular complexity index is 594. The molecule has 1 fully saturated rings. The second-order valence-corrected chi connectivity index (χ2v) is 7.43. The zero-order valence-electron chi connectivity index (χ0n) is 10.6. The highest BCUT2D eigenvalue weighted by Gasteiger charge is 2.56. The summed E-state index contributed by atoms with van der Waals surface area (Å²) in [5.41, 5.74) is 2.21. The Hall–Kier alpha value is -1.61. The first kappa shape index (κ1) is 12.4. The monoisotopic (exact) mass is 272 g/mol. The molecule has 0 radical (unpaired) electrons. The number of benzene rings is 2. The van der Waals surface area contributed by atoms with Crippen LogP contribution in [0.1, 0.15) is 11.1 Å². The van der Waals surface area contributed by atoms with Crippen LogP contribution in [0.15, 0.2) is 60.7 Å². The molecule has 1 heterocycles. The van der Waals surface area contributed by atoms with Gasteiger partial charge in [-0.15, -0.1) is 0 Å². The van der Waals surface area contributed by atoms with E-state index in [1.54, 1.807) is 0 Å². The molecule has 1 saturated heterocycles. The van der Waals surface area contributed by atoms with Crippen molar-refractivity contribution in [3.05, 3.63) is 71.8 Å². The third kappa shape index (κ3) is 2.56. The van der Waals surface area contributed by atoms with E-state index in [2.05, 4.69) is 0 Å². The molecule has 3 rings (SSSR count). The van der Waals surface area contributed by atoms with Gasteiger partial charge in [-0.05, 0) is 24.0 Å². The summed E-state index contributed by atoms with van der Waals surface area (Å²) >= 11 is 0. The average Bonchev–Trinajstić information content (AvgIpc) is 2.93. The predicted molar refractivity (Wildman–Crippen MR) is 76.8 cm³/mol. The number of hydrogen-bond acceptors (Lipinski definition) is 2. The first-order chi connectivity index (χ1) is 9.18. The van der Waals surface area contributed by atoms with Crippen molar-refractivity contribution in [2.45, 2.75) is 23.3 Å². The maximum atomic E-state index is 12.0. The molecule has 0 spiro atoms. The second-order valence-electron chi connectivity index (χ2n) is 5.05. The first-order valence-corrected chi connectivity index (χ1v) is 8.09. The Morgan fingerprint density at radius 3 is 1.42 bits per heavy atom. The van der Waals surface area contributed by atoms with Crippen LogP contribution in [0.5, 0.6) is 0 Å². The van der Waals surface area contributed by atoms with Gasteiger partial charge in [0.15, 0.2) is 9.84 Å². The van der Waals surface area contributed by atoms with E-state index in [0.29, 0.717) is 12.8 Å². The minimum atomic E-state index is -2.89. The molecule has 2 nitrogen and oxygen atoms in total. The van der Waals surface area contributed by atoms with E-state index in [0.717, 1.165) is 11.1 Å². The Kier molecular flexibility index (Phi) is 3.15. The summed E-state index contributed by atoms with van der Waals surface area (Å²) in [6, 6.07) is 19.7. The zero-order valence-corrected chi connectivity index (χ0v) is 11.4. The fourth-order valence-electron chi connectivity index (χ4n) is 2.57. The molecular weight excluding hydrogens is 256 g/mol. The Labute approximate surface area is 114 Å². The van der Waals surface area contributed by atoms with Gasteiger partial charge in [0, 0.05) is 0 Å². The molecule has 1 aliphatic heterocycles. The summed E-state index contributed by atoms with van der Waals surface area (Å²) in [6.07, 6.45) is 1.28. The molecule has 2 atom stereocenters. The Morgan fingerprint density at radius 2 is 1.05 bits per heavy atom. The average molecular weight is 272 g/mol. The van der Waals surface area contributed by atoms with Gasteiger partial charge in [-0.1, -0.05) is 60.7 Å². The Balaban J connectivity index is 1.71. The van der Waals surface area contributed by atoms with E-state index < -0.39 is 9.84 Å². The van der Waals surface area contributed by atoms with Gasteiger partial charge in [-0.3, -0.25) is 0 Å². The quantitative estimate of drug-likeness (QED) is 0.802. The lowest BCUT2D eigenvalue weighted by atomic mass is 10.0. The van der Waals surface area contributed by atoms with Crippen molar-refractivity contribution in [2.75, 3.05) is 0 Å². The van der Waals surface area contributed by atoms with Gasteiger partial charge in [0.05, 0.1) is 10.5 Å². The molecule has 0 aromatic heterocycles. The van der Waals surface area contributed by atoms with Gasteiger partial charge in [0.1, 0.15) is 0 Å². The van der Waals surface area contributed by atoms with Gasteiger partial charge < -0.3 is 0 Å². The van der Waals surface area contributed by atoms with Crippen LogP contribution in [-0.2, 0) is 22.7 Å². The summed E-state index contributed by atoms with van der Waals surface area (Å²) in [5, 5.41) is -0.398. The molecule has 19 heavy (non-hydrogen) atoms. The van der Waals surface area contributed by atoms with Crippen molar-refractivity contribution in [1.29, 1.82) is 0 Å². The first-order valence-electron chi connectivity index (χ1n) is 6.48. The minimum Gasteiger partial charge on any atom is -0.228 e. The van der Waals surface area contributed by atoms with E-state index in [4.69, 9.17) is 0 Å². The summed E-state index contributed by atoms with van der Waals surface area (Å²) in [6.45, 7) is 0. The third-order valence-corrected chi connectivity index (χ3v) is 6.11. The van der Waals surface area contributed by atoms with Gasteiger partial charge in [0.25, 0.3) is 0 Å². The number of hydrogen-bond donors (Lipinski definition) is 0. The molecule has 0 N–H and O–H groups in total. The van der Waals surface area contributed by atoms with Crippen molar-refractivity contribution in [1.82, 2.24) is 0 Å². The summed E-state index contributed by atoms with van der Waals surface area (Å²) in [7, 11) is -2.89. The van der Waals surface area contributed by atoms with Crippen molar-refractivity contribution >= 4 is 9.84 Å². The fourth-order valence-corrected chi connectivity index (χ4v) is 4.65. The van der Waals surface area contributed by atoms with Crippen molar-refractivity contribution in [3.8, 4) is 0 Å². The van der Waals surface area contributed by atoms with Crippen LogP contribution in [0.25, 0.3) is 0 Å². The number of rotatable bonds is 4. The largest absolute Gasteiger partial charge is 0.228 e. The maximum Gasteiger partial charge on any atom is 0.159 e. The van der Waals surface area contributed by atoms with Gasteiger partial charge in [0.2, 0.25) is 0 Å². The van der Waals surface area contributed by atoms with Gasteiger partial charge in [-0.2, -0.15) is 0 Å². The molecule has 2 unspecified atom stereocenters. The lowest BCUT2D eigenvalue weighted by Crippen LogP contribution is -2.01. The standard InChI is InChI=1S/C16H16O2S/c17-19(18)15(11-13-7-3-1-4-8-13)16(19)12-14-9-5-2-6-10-14/h1-10,15-16H,11-12H2. The second kappa shape index (κ2) is 4.82. The molecule has 0 aliphatic carbocycles. The van der Waals surface area contributed by atoms with Gasteiger partial charge >= 0.3 is 0 Å². The lowest BCUT2D eigenvalue weighted by molar-refractivity contribution is 0.610. The zero-order chi connectivity index (χ0) is 13.3. The van der Waals surface area contributed by atoms with Crippen LogP contribution in [0, 0.1) is 0 Å². The van der Waals surface area contributed by atoms with Crippen molar-refractivity contribution in [2.24, 2.45) is 0 Å². The van der Waals surface area contributed by atoms with E-state index in [9.17, 15) is 8.42 Å². The molecule has 3 heteroatoms. The predicted octanol–water partition coefficient (Wildman–Crippen LogP) is 2.64. The molecule has 1 aliphatic rings. The molecule has 2 aromatic rings. The lowest BCUT2D eigenvalue weighted by Gasteiger charge is -1.98. The fraction of sp³-hybridized carbons (Fsp3) is 0.250. The summed E-state index contributed by atoms with van der Waals surface area (Å²) in [5.74, 6) is 0. The minimum absolute atomic E-state index is 0.199. The Morgan fingerprint density at radius 1 is 0.684 bits per heavy atom. The highest BCUT2D eigenvalue weighted by Crippen LogP contribution is 2.37. The topological polar surface area (TPSA) is 34.1 Å². The van der Waals surface area contributed by atoms with Crippen LogP contribution in [0.3, 0.4) is 0 Å². The van der Waals surface area contributed by atoms with Crippen LogP contribution >= 0.6 is 0 Å². The van der Waals surface area contributed by atoms with E-state index in [1.165, 1.54) is 0 Å². The van der Waals surface area contributed by atoms with Crippen molar-refractivity contribution in [3.63, 3.8) is 0 Å². The van der Waals surface area contributed by atoms with Crippen LogP contribution in [0.2, 0.25) is 0 Å². The number of sulfone groups is 1. The SMILES string of the molecule is O=S1(=O)C(Cc2ccccc2)C1Cc1ccccc1. The summed E-state index contributed by atoms with van der Waals surface area (Å²) in [4.78, 5) is 0. The molecule has 2 aromatic carbocycles. The summed E-state index contributed by atoms with van der Waals surface area (Å²) < 4.78 is 24.0. The molecule has 0 amide bonds. The van der Waals surface area contributed by atoms with E-state index >= 15 is 0 Å². The van der Waals surface area contributed by atoms with Crippen LogP contribution in [0.4, 0.5) is 0 Å². The highest BCUT2D eigenvalue weighted by atomic mass is 32.2. The molecule has 0 saturated carbocycles. The van der Waals surface area contributed by atoms with E-state index in [1.807, 2.05) is 60.7 Å². The normalized spacial score (nSPS) is 24.0. The smallest absolute Gasteiger partial charge is 0.159 e. The maximum absolute atomic E-state index is 12.0. The molecule has 0 bridgehead atoms. The molecular formula is C16H16O2S. The van der Waals surface area contributed by atoms with Crippen molar-refractivity contribution < 1.29 is 8.42 Å². The van der Waals surface area contributed by atoms with Gasteiger partial charge in [-0.25, -0.2) is 8.42 Å². The van der Waals surface area contributed by atoms with Crippen LogP contribution in [-0.4, -0.2) is 18.9 Å². The third-order valence-electron chi connectivity index (χ3n) is 3.74.